The summed E-state index contributed by atoms with van der Waals surface area (Å²) in [7, 11) is 1.31. The van der Waals surface area contributed by atoms with E-state index in [0.29, 0.717) is 0 Å². The molecule has 0 aromatic heterocycles. The molecule has 20 heavy (non-hydrogen) atoms. The average molecular weight is 374 g/mol. The molecule has 0 fully saturated rings. The predicted octanol–water partition coefficient (Wildman–Crippen LogP) is 2.62. The Morgan fingerprint density at radius 1 is 1.55 bits per heavy atom. The van der Waals surface area contributed by atoms with E-state index in [2.05, 4.69) is 26.0 Å². The lowest BCUT2D eigenvalue weighted by Crippen LogP contribution is -2.36. The van der Waals surface area contributed by atoms with Crippen LogP contribution in [0.3, 0.4) is 0 Å². The van der Waals surface area contributed by atoms with Crippen molar-refractivity contribution in [1.82, 2.24) is 0 Å². The van der Waals surface area contributed by atoms with Gasteiger partial charge in [-0.1, -0.05) is 11.6 Å². The van der Waals surface area contributed by atoms with Gasteiger partial charge in [-0.15, -0.1) is 0 Å². The highest BCUT2D eigenvalue weighted by Crippen LogP contribution is 2.37. The molecule has 1 aromatic carbocycles. The number of amides is 1. The molecule has 1 rings (SSSR count). The fourth-order valence-corrected chi connectivity index (χ4v) is 2.29. The summed E-state index contributed by atoms with van der Waals surface area (Å²) in [6.45, 7) is -3.11. The number of methoxy groups -OCH3 is 1. The van der Waals surface area contributed by atoms with Crippen LogP contribution in [0.2, 0.25) is 5.02 Å². The lowest BCUT2D eigenvalue weighted by atomic mass is 10.2. The summed E-state index contributed by atoms with van der Waals surface area (Å²) in [5, 5.41) is 2.61. The Morgan fingerprint density at radius 3 is 2.70 bits per heavy atom. The van der Waals surface area contributed by atoms with Crippen molar-refractivity contribution < 1.29 is 23.0 Å². The van der Waals surface area contributed by atoms with E-state index in [1.807, 2.05) is 0 Å². The molecule has 1 amide bonds. The Bertz CT molecular complexity index is 487. The lowest BCUT2D eigenvalue weighted by molar-refractivity contribution is -0.125. The maximum atomic E-state index is 12.4. The Hall–Kier alpha value is -0.960. The number of rotatable bonds is 6. The summed E-state index contributed by atoms with van der Waals surface area (Å²) in [5.41, 5.74) is 5.33. The number of carbonyl (C=O) groups is 1. The van der Waals surface area contributed by atoms with Crippen molar-refractivity contribution in [2.75, 3.05) is 19.0 Å². The zero-order chi connectivity index (χ0) is 15.3. The van der Waals surface area contributed by atoms with Crippen LogP contribution in [-0.2, 0) is 9.53 Å². The van der Waals surface area contributed by atoms with E-state index >= 15 is 0 Å². The number of alkyl halides is 2. The topological polar surface area (TPSA) is 73.6 Å². The van der Waals surface area contributed by atoms with Gasteiger partial charge in [0.15, 0.2) is 5.75 Å². The van der Waals surface area contributed by atoms with Crippen molar-refractivity contribution in [3.8, 4) is 5.75 Å². The van der Waals surface area contributed by atoms with E-state index in [-0.39, 0.29) is 27.5 Å². The zero-order valence-electron chi connectivity index (χ0n) is 10.3. The molecule has 1 unspecified atom stereocenters. The lowest BCUT2D eigenvalue weighted by Gasteiger charge is -2.17. The van der Waals surface area contributed by atoms with Crippen molar-refractivity contribution in [2.45, 2.75) is 12.7 Å². The molecule has 0 saturated heterocycles. The van der Waals surface area contributed by atoms with Crippen molar-refractivity contribution >= 4 is 39.1 Å². The highest BCUT2D eigenvalue weighted by atomic mass is 79.9. The van der Waals surface area contributed by atoms with Gasteiger partial charge >= 0.3 is 6.61 Å². The Labute approximate surface area is 127 Å². The van der Waals surface area contributed by atoms with Gasteiger partial charge in [0.05, 0.1) is 10.2 Å². The van der Waals surface area contributed by atoms with E-state index in [1.165, 1.54) is 19.2 Å². The third-order valence-corrected chi connectivity index (χ3v) is 3.07. The first kappa shape index (κ1) is 17.1. The Morgan fingerprint density at radius 2 is 2.20 bits per heavy atom. The van der Waals surface area contributed by atoms with Crippen molar-refractivity contribution in [3.05, 3.63) is 21.6 Å². The van der Waals surface area contributed by atoms with E-state index in [0.717, 1.165) is 0 Å². The molecule has 0 bridgehead atoms. The highest BCUT2D eigenvalue weighted by Gasteiger charge is 2.21. The number of halogens is 4. The van der Waals surface area contributed by atoms with Crippen LogP contribution in [0.1, 0.15) is 0 Å². The van der Waals surface area contributed by atoms with Crippen molar-refractivity contribution in [1.29, 1.82) is 0 Å². The fourth-order valence-electron chi connectivity index (χ4n) is 1.39. The van der Waals surface area contributed by atoms with Gasteiger partial charge in [0, 0.05) is 18.7 Å². The first-order valence-corrected chi connectivity index (χ1v) is 6.53. The molecule has 112 valence electrons. The zero-order valence-corrected chi connectivity index (χ0v) is 12.7. The largest absolute Gasteiger partial charge is 0.431 e. The summed E-state index contributed by atoms with van der Waals surface area (Å²) in [5.74, 6) is -0.826. The summed E-state index contributed by atoms with van der Waals surface area (Å²) >= 11 is 8.85. The molecule has 0 aliphatic carbocycles. The van der Waals surface area contributed by atoms with E-state index in [4.69, 9.17) is 22.1 Å². The van der Waals surface area contributed by atoms with Gasteiger partial charge in [0.2, 0.25) is 0 Å². The number of anilines is 1. The standard InChI is InChI=1S/C11H12BrClF2N2O3/c1-19-8(4-16)10(18)17-7-3-5(13)2-6(12)9(7)20-11(14)15/h2-3,8,11H,4,16H2,1H3,(H,17,18). The predicted molar refractivity (Wildman–Crippen MR) is 74.3 cm³/mol. The first-order chi connectivity index (χ1) is 9.38. The average Bonchev–Trinajstić information content (AvgIpc) is 2.34. The summed E-state index contributed by atoms with van der Waals surface area (Å²) in [6, 6.07) is 2.65. The smallest absolute Gasteiger partial charge is 0.387 e. The van der Waals surface area contributed by atoms with E-state index in [1.54, 1.807) is 0 Å². The van der Waals surface area contributed by atoms with Gasteiger partial charge in [0.1, 0.15) is 6.10 Å². The molecule has 0 aliphatic heterocycles. The molecular formula is C11H12BrClF2N2O3. The molecule has 5 nitrogen and oxygen atoms in total. The second-order valence-corrected chi connectivity index (χ2v) is 4.88. The number of hydrogen-bond acceptors (Lipinski definition) is 4. The van der Waals surface area contributed by atoms with Gasteiger partial charge < -0.3 is 20.5 Å². The monoisotopic (exact) mass is 372 g/mol. The highest BCUT2D eigenvalue weighted by molar-refractivity contribution is 9.10. The molecule has 0 radical (unpaired) electrons. The van der Waals surface area contributed by atoms with Crippen LogP contribution >= 0.6 is 27.5 Å². The van der Waals surface area contributed by atoms with Crippen LogP contribution in [0.15, 0.2) is 16.6 Å². The summed E-state index contributed by atoms with van der Waals surface area (Å²) in [4.78, 5) is 11.8. The second kappa shape index (κ2) is 7.72. The van der Waals surface area contributed by atoms with E-state index in [9.17, 15) is 13.6 Å². The number of nitrogens with two attached hydrogens (primary N) is 1. The molecule has 0 saturated carbocycles. The molecule has 3 N–H and O–H groups in total. The number of nitrogens with one attached hydrogen (secondary N) is 1. The van der Waals surface area contributed by atoms with Crippen LogP contribution in [0.25, 0.3) is 0 Å². The number of ether oxygens (including phenoxy) is 2. The number of benzene rings is 1. The molecule has 0 heterocycles. The summed E-state index contributed by atoms with van der Waals surface area (Å²) < 4.78 is 34.1. The van der Waals surface area contributed by atoms with Gasteiger partial charge in [-0.25, -0.2) is 0 Å². The number of carbonyl (C=O) groups excluding carboxylic acids is 1. The van der Waals surface area contributed by atoms with Gasteiger partial charge in [0.25, 0.3) is 5.91 Å². The maximum Gasteiger partial charge on any atom is 0.387 e. The molecule has 9 heteroatoms. The maximum absolute atomic E-state index is 12.4. The van der Waals surface area contributed by atoms with Gasteiger partial charge in [-0.2, -0.15) is 8.78 Å². The molecule has 0 spiro atoms. The SMILES string of the molecule is COC(CN)C(=O)Nc1cc(Cl)cc(Br)c1OC(F)F. The van der Waals surface area contributed by atoms with Crippen molar-refractivity contribution in [3.63, 3.8) is 0 Å². The number of hydrogen-bond donors (Lipinski definition) is 2. The third-order valence-electron chi connectivity index (χ3n) is 2.26. The fraction of sp³-hybridized carbons (Fsp3) is 0.364. The van der Waals surface area contributed by atoms with Gasteiger partial charge in [-0.05, 0) is 28.1 Å². The molecule has 1 atom stereocenters. The minimum atomic E-state index is -3.05. The summed E-state index contributed by atoms with van der Waals surface area (Å²) in [6.07, 6.45) is -0.910. The molecule has 0 aliphatic rings. The van der Waals surface area contributed by atoms with Crippen molar-refractivity contribution in [2.24, 2.45) is 5.73 Å². The van der Waals surface area contributed by atoms with Gasteiger partial charge in [-0.3, -0.25) is 4.79 Å². The second-order valence-electron chi connectivity index (χ2n) is 3.59. The van der Waals surface area contributed by atoms with Crippen LogP contribution in [0.4, 0.5) is 14.5 Å². The Balaban J connectivity index is 3.06. The quantitative estimate of drug-likeness (QED) is 0.804. The van der Waals surface area contributed by atoms with Crippen LogP contribution < -0.4 is 15.8 Å². The first-order valence-electron chi connectivity index (χ1n) is 5.36. The molecule has 1 aromatic rings. The van der Waals surface area contributed by atoms with Crippen LogP contribution in [0, 0.1) is 0 Å². The van der Waals surface area contributed by atoms with Crippen LogP contribution in [0.5, 0.6) is 5.75 Å². The Kier molecular flexibility index (Phi) is 6.60. The minimum Gasteiger partial charge on any atom is -0.431 e. The van der Waals surface area contributed by atoms with E-state index < -0.39 is 18.6 Å². The minimum absolute atomic E-state index is 0.00910. The third kappa shape index (κ3) is 4.55. The van der Waals surface area contributed by atoms with Crippen LogP contribution in [-0.4, -0.2) is 32.3 Å². The molecular weight excluding hydrogens is 361 g/mol. The normalized spacial score (nSPS) is 12.3.